The quantitative estimate of drug-likeness (QED) is 0.144. The minimum absolute atomic E-state index is 0.858. The zero-order valence-corrected chi connectivity index (χ0v) is 38.3. The van der Waals surface area contributed by atoms with Crippen LogP contribution in [0, 0.1) is 0 Å². The van der Waals surface area contributed by atoms with Crippen LogP contribution >= 0.6 is 0 Å². The van der Waals surface area contributed by atoms with Crippen molar-refractivity contribution >= 4 is 60.5 Å². The molecule has 0 aliphatic heterocycles. The standard InChI is InChI=1S/C68H45NO/c1-2-15-46(16-3-1)53-22-13-24-56(45-53)61-27-9-8-25-59(61)50-35-39-58(40-36-50)69(57-37-33-48(34-38-57)52-21-12-23-54(43-52)55-32-31-47-17-4-5-19-51(47)44-55)65-42-41-63(62-29-14-20-49-18-6-7-26-60(49)62)68-67(65)64-28-10-11-30-66(64)70-68/h1-45H. The van der Waals surface area contributed by atoms with Gasteiger partial charge in [-0.05, 0) is 143 Å². The van der Waals surface area contributed by atoms with Crippen LogP contribution in [0.5, 0.6) is 0 Å². The molecule has 0 fully saturated rings. The first-order valence-corrected chi connectivity index (χ1v) is 24.0. The summed E-state index contributed by atoms with van der Waals surface area (Å²) in [4.78, 5) is 2.39. The van der Waals surface area contributed by atoms with Crippen molar-refractivity contribution in [3.8, 4) is 66.8 Å². The van der Waals surface area contributed by atoms with E-state index in [0.717, 1.165) is 61.3 Å². The minimum atomic E-state index is 0.858. The average Bonchev–Trinajstić information content (AvgIpc) is 3.84. The summed E-state index contributed by atoms with van der Waals surface area (Å²) in [6.07, 6.45) is 0. The Morgan fingerprint density at radius 1 is 0.257 bits per heavy atom. The van der Waals surface area contributed by atoms with Crippen LogP contribution in [0.15, 0.2) is 277 Å². The van der Waals surface area contributed by atoms with E-state index in [2.05, 4.69) is 278 Å². The van der Waals surface area contributed by atoms with Gasteiger partial charge in [0.1, 0.15) is 11.2 Å². The Morgan fingerprint density at radius 3 is 1.50 bits per heavy atom. The summed E-state index contributed by atoms with van der Waals surface area (Å²) in [6.45, 7) is 0. The monoisotopic (exact) mass is 891 g/mol. The van der Waals surface area contributed by atoms with Gasteiger partial charge >= 0.3 is 0 Å². The molecule has 13 rings (SSSR count). The van der Waals surface area contributed by atoms with Gasteiger partial charge in [0, 0.05) is 22.3 Å². The number of rotatable bonds is 9. The molecule has 1 heterocycles. The van der Waals surface area contributed by atoms with Gasteiger partial charge in [-0.15, -0.1) is 0 Å². The number of benzene rings is 12. The van der Waals surface area contributed by atoms with E-state index in [4.69, 9.17) is 4.42 Å². The Bertz CT molecular complexity index is 4050. The molecule has 13 aromatic rings. The van der Waals surface area contributed by atoms with Gasteiger partial charge in [-0.3, -0.25) is 0 Å². The van der Waals surface area contributed by atoms with E-state index in [1.165, 1.54) is 66.1 Å². The SMILES string of the molecule is c1ccc(-c2cccc(-c3ccccc3-c3ccc(N(c4ccc(-c5cccc(-c6ccc7ccccc7c6)c5)cc4)c4ccc(-c5cccc6ccccc56)c5oc6ccccc6c45)cc3)c2)cc1. The largest absolute Gasteiger partial charge is 0.455 e. The predicted molar refractivity (Wildman–Crippen MR) is 296 cm³/mol. The lowest BCUT2D eigenvalue weighted by Gasteiger charge is -2.27. The van der Waals surface area contributed by atoms with E-state index < -0.39 is 0 Å². The second-order valence-corrected chi connectivity index (χ2v) is 18.0. The van der Waals surface area contributed by atoms with Gasteiger partial charge in [0.25, 0.3) is 0 Å². The first-order chi connectivity index (χ1) is 34.7. The summed E-state index contributed by atoms with van der Waals surface area (Å²) in [5.41, 5.74) is 18.9. The molecule has 12 aromatic carbocycles. The fraction of sp³-hybridized carbons (Fsp3) is 0. The molecule has 0 saturated carbocycles. The van der Waals surface area contributed by atoms with E-state index >= 15 is 0 Å². The first-order valence-electron chi connectivity index (χ1n) is 24.0. The third-order valence-electron chi connectivity index (χ3n) is 13.9. The number of nitrogens with zero attached hydrogens (tertiary/aromatic N) is 1. The van der Waals surface area contributed by atoms with Crippen molar-refractivity contribution < 1.29 is 4.42 Å². The lowest BCUT2D eigenvalue weighted by atomic mass is 9.92. The maximum Gasteiger partial charge on any atom is 0.145 e. The van der Waals surface area contributed by atoms with Crippen molar-refractivity contribution in [3.63, 3.8) is 0 Å². The van der Waals surface area contributed by atoms with E-state index in [9.17, 15) is 0 Å². The summed E-state index contributed by atoms with van der Waals surface area (Å²) in [7, 11) is 0. The van der Waals surface area contributed by atoms with Crippen molar-refractivity contribution in [3.05, 3.63) is 273 Å². The van der Waals surface area contributed by atoms with Crippen LogP contribution in [0.2, 0.25) is 0 Å². The fourth-order valence-corrected chi connectivity index (χ4v) is 10.4. The number of fused-ring (bicyclic) bond motifs is 5. The van der Waals surface area contributed by atoms with Gasteiger partial charge in [0.05, 0.1) is 11.1 Å². The van der Waals surface area contributed by atoms with Crippen molar-refractivity contribution in [2.75, 3.05) is 4.90 Å². The molecule has 0 bridgehead atoms. The lowest BCUT2D eigenvalue weighted by Crippen LogP contribution is -2.10. The average molecular weight is 892 g/mol. The van der Waals surface area contributed by atoms with E-state index in [0.29, 0.717) is 0 Å². The molecule has 0 N–H and O–H groups in total. The van der Waals surface area contributed by atoms with Crippen LogP contribution in [0.3, 0.4) is 0 Å². The van der Waals surface area contributed by atoms with E-state index in [-0.39, 0.29) is 0 Å². The summed E-state index contributed by atoms with van der Waals surface area (Å²) in [5.74, 6) is 0. The maximum absolute atomic E-state index is 6.94. The number of hydrogen-bond donors (Lipinski definition) is 0. The molecule has 0 aliphatic carbocycles. The van der Waals surface area contributed by atoms with Crippen LogP contribution in [0.1, 0.15) is 0 Å². The summed E-state index contributed by atoms with van der Waals surface area (Å²) < 4.78 is 6.94. The molecular weight excluding hydrogens is 847 g/mol. The van der Waals surface area contributed by atoms with Crippen LogP contribution in [0.4, 0.5) is 17.1 Å². The van der Waals surface area contributed by atoms with Crippen LogP contribution in [-0.2, 0) is 0 Å². The first kappa shape index (κ1) is 41.0. The molecule has 0 unspecified atom stereocenters. The fourth-order valence-electron chi connectivity index (χ4n) is 10.4. The molecule has 0 amide bonds. The number of furan rings is 1. The third-order valence-corrected chi connectivity index (χ3v) is 13.9. The highest BCUT2D eigenvalue weighted by molar-refractivity contribution is 6.18. The summed E-state index contributed by atoms with van der Waals surface area (Å²) in [5, 5.41) is 7.02. The molecular formula is C68H45NO. The van der Waals surface area contributed by atoms with Crippen LogP contribution in [-0.4, -0.2) is 0 Å². The molecule has 2 heteroatoms. The van der Waals surface area contributed by atoms with Gasteiger partial charge in [-0.25, -0.2) is 0 Å². The Hall–Kier alpha value is -9.24. The second-order valence-electron chi connectivity index (χ2n) is 18.0. The highest BCUT2D eigenvalue weighted by Gasteiger charge is 2.23. The third kappa shape index (κ3) is 7.40. The van der Waals surface area contributed by atoms with Crippen LogP contribution in [0.25, 0.3) is 110 Å². The molecule has 2 nitrogen and oxygen atoms in total. The van der Waals surface area contributed by atoms with E-state index in [1.807, 2.05) is 0 Å². The van der Waals surface area contributed by atoms with Crippen molar-refractivity contribution in [1.29, 1.82) is 0 Å². The van der Waals surface area contributed by atoms with Gasteiger partial charge in [0.2, 0.25) is 0 Å². The van der Waals surface area contributed by atoms with Crippen molar-refractivity contribution in [2.24, 2.45) is 0 Å². The Balaban J connectivity index is 0.945. The van der Waals surface area contributed by atoms with Crippen LogP contribution < -0.4 is 4.90 Å². The zero-order chi connectivity index (χ0) is 46.4. The highest BCUT2D eigenvalue weighted by atomic mass is 16.3. The molecule has 328 valence electrons. The topological polar surface area (TPSA) is 16.4 Å². The molecule has 0 aliphatic rings. The number of para-hydroxylation sites is 1. The summed E-state index contributed by atoms with van der Waals surface area (Å²) >= 11 is 0. The Labute approximate surface area is 407 Å². The number of hydrogen-bond acceptors (Lipinski definition) is 2. The zero-order valence-electron chi connectivity index (χ0n) is 38.3. The molecule has 0 saturated heterocycles. The predicted octanol–water partition coefficient (Wildman–Crippen LogP) is 19.4. The minimum Gasteiger partial charge on any atom is -0.455 e. The molecule has 0 spiro atoms. The molecule has 1 aromatic heterocycles. The summed E-state index contributed by atoms with van der Waals surface area (Å²) in [6, 6.07) is 98.6. The normalized spacial score (nSPS) is 11.4. The van der Waals surface area contributed by atoms with Gasteiger partial charge < -0.3 is 9.32 Å². The Kier molecular flexibility index (Phi) is 10.2. The lowest BCUT2D eigenvalue weighted by molar-refractivity contribution is 0.670. The number of anilines is 3. The highest BCUT2D eigenvalue weighted by Crippen LogP contribution is 2.48. The molecule has 0 radical (unpaired) electrons. The van der Waals surface area contributed by atoms with Crippen molar-refractivity contribution in [1.82, 2.24) is 0 Å². The Morgan fingerprint density at radius 2 is 0.743 bits per heavy atom. The van der Waals surface area contributed by atoms with E-state index in [1.54, 1.807) is 0 Å². The van der Waals surface area contributed by atoms with Crippen molar-refractivity contribution in [2.45, 2.75) is 0 Å². The smallest absolute Gasteiger partial charge is 0.145 e. The van der Waals surface area contributed by atoms with Gasteiger partial charge in [-0.2, -0.15) is 0 Å². The van der Waals surface area contributed by atoms with Gasteiger partial charge in [-0.1, -0.05) is 212 Å². The molecule has 0 atom stereocenters. The second kappa shape index (κ2) is 17.4. The van der Waals surface area contributed by atoms with Gasteiger partial charge in [0.15, 0.2) is 0 Å². The molecule has 70 heavy (non-hydrogen) atoms. The maximum atomic E-state index is 6.94.